The Morgan fingerprint density at radius 3 is 2.68 bits per heavy atom. The van der Waals surface area contributed by atoms with E-state index in [0.717, 1.165) is 24.3 Å². The Morgan fingerprint density at radius 2 is 1.88 bits per heavy atom. The molecule has 0 saturated carbocycles. The number of nitrogens with one attached hydrogen (secondary N) is 2. The van der Waals surface area contributed by atoms with Gasteiger partial charge in [0, 0.05) is 11.8 Å². The first kappa shape index (κ1) is 18.6. The number of para-hydroxylation sites is 2. The molecule has 2 aromatic carbocycles. The predicted octanol–water partition coefficient (Wildman–Crippen LogP) is 4.31. The van der Waals surface area contributed by atoms with Gasteiger partial charge in [-0.3, -0.25) is 4.79 Å². The summed E-state index contributed by atoms with van der Waals surface area (Å²) >= 11 is 0. The number of anilines is 2. The normalized spacial score (nSPS) is 10.2. The van der Waals surface area contributed by atoms with E-state index in [1.54, 1.807) is 0 Å². The van der Waals surface area contributed by atoms with Crippen molar-refractivity contribution in [2.75, 3.05) is 30.4 Å². The Hall–Kier alpha value is -2.69. The zero-order valence-electron chi connectivity index (χ0n) is 14.9. The maximum atomic E-state index is 12.2. The first-order chi connectivity index (χ1) is 12.2. The molecule has 0 aliphatic carbocycles. The summed E-state index contributed by atoms with van der Waals surface area (Å²) in [5.74, 6) is 1.35. The summed E-state index contributed by atoms with van der Waals surface area (Å²) in [7, 11) is 0. The van der Waals surface area contributed by atoms with Crippen molar-refractivity contribution >= 4 is 17.3 Å². The number of ether oxygens (including phenoxy) is 2. The van der Waals surface area contributed by atoms with Gasteiger partial charge in [-0.25, -0.2) is 0 Å². The van der Waals surface area contributed by atoms with Gasteiger partial charge in [0.05, 0.1) is 25.4 Å². The number of benzene rings is 2. The topological polar surface area (TPSA) is 59.6 Å². The van der Waals surface area contributed by atoms with Crippen LogP contribution in [0, 0.1) is 0 Å². The Bertz CT molecular complexity index is 673. The second kappa shape index (κ2) is 10.2. The van der Waals surface area contributed by atoms with Crippen molar-refractivity contribution in [1.29, 1.82) is 0 Å². The number of carbonyl (C=O) groups excluding carboxylic acids is 1. The first-order valence-electron chi connectivity index (χ1n) is 8.71. The van der Waals surface area contributed by atoms with Crippen LogP contribution in [0.1, 0.15) is 26.7 Å². The van der Waals surface area contributed by atoms with Crippen molar-refractivity contribution in [3.05, 3.63) is 48.5 Å². The summed E-state index contributed by atoms with van der Waals surface area (Å²) in [6.45, 7) is 5.47. The van der Waals surface area contributed by atoms with Crippen molar-refractivity contribution < 1.29 is 14.3 Å². The van der Waals surface area contributed by atoms with Gasteiger partial charge in [-0.15, -0.1) is 0 Å². The van der Waals surface area contributed by atoms with Crippen molar-refractivity contribution in [3.63, 3.8) is 0 Å². The van der Waals surface area contributed by atoms with E-state index < -0.39 is 0 Å². The smallest absolute Gasteiger partial charge is 0.243 e. The van der Waals surface area contributed by atoms with E-state index >= 15 is 0 Å². The van der Waals surface area contributed by atoms with Crippen LogP contribution in [-0.2, 0) is 4.79 Å². The van der Waals surface area contributed by atoms with Crippen molar-refractivity contribution in [1.82, 2.24) is 0 Å². The minimum atomic E-state index is -0.131. The van der Waals surface area contributed by atoms with Gasteiger partial charge in [0.15, 0.2) is 0 Å². The summed E-state index contributed by atoms with van der Waals surface area (Å²) in [5.41, 5.74) is 1.53. The van der Waals surface area contributed by atoms with Crippen LogP contribution in [0.3, 0.4) is 0 Å². The Labute approximate surface area is 149 Å². The van der Waals surface area contributed by atoms with E-state index in [1.165, 1.54) is 0 Å². The molecule has 0 aliphatic rings. The number of rotatable bonds is 10. The van der Waals surface area contributed by atoms with Crippen LogP contribution in [0.2, 0.25) is 0 Å². The molecule has 0 aliphatic heterocycles. The molecule has 25 heavy (non-hydrogen) atoms. The quantitative estimate of drug-likeness (QED) is 0.632. The van der Waals surface area contributed by atoms with E-state index in [4.69, 9.17) is 9.47 Å². The molecule has 2 rings (SSSR count). The Balaban J connectivity index is 1.89. The van der Waals surface area contributed by atoms with Crippen molar-refractivity contribution in [2.24, 2.45) is 0 Å². The summed E-state index contributed by atoms with van der Waals surface area (Å²) in [6, 6.07) is 15.0. The van der Waals surface area contributed by atoms with E-state index in [-0.39, 0.29) is 12.5 Å². The van der Waals surface area contributed by atoms with Crippen LogP contribution in [0.25, 0.3) is 0 Å². The fraction of sp³-hybridized carbons (Fsp3) is 0.350. The minimum absolute atomic E-state index is 0.131. The lowest BCUT2D eigenvalue weighted by Crippen LogP contribution is -2.22. The maximum Gasteiger partial charge on any atom is 0.243 e. The highest BCUT2D eigenvalue weighted by Crippen LogP contribution is 2.24. The van der Waals surface area contributed by atoms with E-state index in [2.05, 4.69) is 17.6 Å². The molecular formula is C20H26N2O3. The Kier molecular flexibility index (Phi) is 7.63. The average molecular weight is 342 g/mol. The highest BCUT2D eigenvalue weighted by Gasteiger charge is 2.07. The lowest BCUT2D eigenvalue weighted by molar-refractivity contribution is -0.114. The van der Waals surface area contributed by atoms with Gasteiger partial charge >= 0.3 is 0 Å². The number of hydrogen-bond acceptors (Lipinski definition) is 4. The van der Waals surface area contributed by atoms with Gasteiger partial charge in [-0.1, -0.05) is 31.5 Å². The number of carbonyl (C=O) groups is 1. The standard InChI is InChI=1S/C20H26N2O3/c1-3-5-13-25-19-12-7-6-11-18(19)22-20(23)15-21-16-9-8-10-17(14-16)24-4-2/h6-12,14,21H,3-5,13,15H2,1-2H3,(H,22,23). The number of unbranched alkanes of at least 4 members (excludes halogenated alkanes) is 1. The summed E-state index contributed by atoms with van der Waals surface area (Å²) in [6.07, 6.45) is 2.05. The summed E-state index contributed by atoms with van der Waals surface area (Å²) in [4.78, 5) is 12.2. The third-order valence-corrected chi connectivity index (χ3v) is 3.51. The van der Waals surface area contributed by atoms with Crippen LogP contribution in [-0.4, -0.2) is 25.7 Å². The largest absolute Gasteiger partial charge is 0.494 e. The van der Waals surface area contributed by atoms with Crippen molar-refractivity contribution in [2.45, 2.75) is 26.7 Å². The van der Waals surface area contributed by atoms with E-state index in [9.17, 15) is 4.79 Å². The molecule has 0 unspecified atom stereocenters. The molecule has 0 spiro atoms. The third-order valence-electron chi connectivity index (χ3n) is 3.51. The van der Waals surface area contributed by atoms with Gasteiger partial charge in [0.1, 0.15) is 11.5 Å². The van der Waals surface area contributed by atoms with Gasteiger partial charge in [0.25, 0.3) is 0 Å². The van der Waals surface area contributed by atoms with Crippen LogP contribution >= 0.6 is 0 Å². The highest BCUT2D eigenvalue weighted by atomic mass is 16.5. The Morgan fingerprint density at radius 1 is 1.04 bits per heavy atom. The van der Waals surface area contributed by atoms with E-state index in [0.29, 0.717) is 24.7 Å². The molecule has 0 aromatic heterocycles. The summed E-state index contributed by atoms with van der Waals surface area (Å²) < 4.78 is 11.2. The van der Waals surface area contributed by atoms with E-state index in [1.807, 2.05) is 55.5 Å². The molecule has 2 N–H and O–H groups in total. The fourth-order valence-corrected chi connectivity index (χ4v) is 2.26. The molecule has 0 bridgehead atoms. The van der Waals surface area contributed by atoms with Gasteiger partial charge in [-0.2, -0.15) is 0 Å². The molecule has 1 amide bonds. The first-order valence-corrected chi connectivity index (χ1v) is 8.71. The monoisotopic (exact) mass is 342 g/mol. The highest BCUT2D eigenvalue weighted by molar-refractivity contribution is 5.95. The molecule has 0 heterocycles. The predicted molar refractivity (Wildman–Crippen MR) is 102 cm³/mol. The SMILES string of the molecule is CCCCOc1ccccc1NC(=O)CNc1cccc(OCC)c1. The fourth-order valence-electron chi connectivity index (χ4n) is 2.26. The summed E-state index contributed by atoms with van der Waals surface area (Å²) in [5, 5.41) is 5.99. The molecule has 0 radical (unpaired) electrons. The molecule has 5 heteroatoms. The van der Waals surface area contributed by atoms with Gasteiger partial charge in [0.2, 0.25) is 5.91 Å². The molecular weight excluding hydrogens is 316 g/mol. The minimum Gasteiger partial charge on any atom is -0.494 e. The molecule has 0 saturated heterocycles. The molecule has 0 atom stereocenters. The molecule has 2 aromatic rings. The molecule has 0 fully saturated rings. The average Bonchev–Trinajstić information content (AvgIpc) is 2.62. The molecule has 5 nitrogen and oxygen atoms in total. The lowest BCUT2D eigenvalue weighted by atomic mass is 10.2. The maximum absolute atomic E-state index is 12.2. The van der Waals surface area contributed by atoms with Crippen LogP contribution in [0.5, 0.6) is 11.5 Å². The number of hydrogen-bond donors (Lipinski definition) is 2. The van der Waals surface area contributed by atoms with Gasteiger partial charge in [-0.05, 0) is 37.6 Å². The van der Waals surface area contributed by atoms with Gasteiger partial charge < -0.3 is 20.1 Å². The zero-order valence-corrected chi connectivity index (χ0v) is 14.9. The second-order valence-electron chi connectivity index (χ2n) is 5.56. The van der Waals surface area contributed by atoms with Crippen molar-refractivity contribution in [3.8, 4) is 11.5 Å². The zero-order chi connectivity index (χ0) is 17.9. The lowest BCUT2D eigenvalue weighted by Gasteiger charge is -2.13. The number of amides is 1. The van der Waals surface area contributed by atoms with Crippen LogP contribution in [0.15, 0.2) is 48.5 Å². The van der Waals surface area contributed by atoms with Crippen LogP contribution < -0.4 is 20.1 Å². The molecule has 134 valence electrons. The second-order valence-corrected chi connectivity index (χ2v) is 5.56. The van der Waals surface area contributed by atoms with Crippen LogP contribution in [0.4, 0.5) is 11.4 Å². The third kappa shape index (κ3) is 6.37.